The lowest BCUT2D eigenvalue weighted by Crippen LogP contribution is -2.48. The number of alkyl halides is 3. The number of pyridine rings is 1. The molecule has 2 amide bonds. The predicted molar refractivity (Wildman–Crippen MR) is 203 cm³/mol. The Morgan fingerprint density at radius 1 is 1.07 bits per heavy atom. The van der Waals surface area contributed by atoms with E-state index in [1.165, 1.54) is 11.1 Å². The summed E-state index contributed by atoms with van der Waals surface area (Å²) in [5, 5.41) is 0.739. The first-order valence-corrected chi connectivity index (χ1v) is 21.2. The molecule has 2 saturated carbocycles. The number of halogens is 3. The van der Waals surface area contributed by atoms with Gasteiger partial charge in [0.2, 0.25) is 33.3 Å². The number of carbonyl (C=O) groups excluding carboxylic acids is 4. The molecule has 7 atom stereocenters. The minimum absolute atomic E-state index is 0.0310. The van der Waals surface area contributed by atoms with Crippen molar-refractivity contribution in [3.8, 4) is 11.6 Å². The summed E-state index contributed by atoms with van der Waals surface area (Å²) >= 11 is 0. The number of nitrogens with one attached hydrogen (secondary N) is 1. The number of benzene rings is 1. The molecule has 6 rings (SSSR count). The normalized spacial score (nSPS) is 30.7. The number of fused-ring (bicyclic) bond motifs is 3. The van der Waals surface area contributed by atoms with Crippen LogP contribution in [0.25, 0.3) is 10.8 Å². The van der Waals surface area contributed by atoms with Gasteiger partial charge in [-0.05, 0) is 76.7 Å². The Morgan fingerprint density at radius 3 is 2.42 bits per heavy atom. The number of hydrogen-bond donors (Lipinski definition) is 1. The van der Waals surface area contributed by atoms with Gasteiger partial charge in [0.15, 0.2) is 5.78 Å². The van der Waals surface area contributed by atoms with Crippen LogP contribution in [-0.2, 0) is 33.9 Å². The summed E-state index contributed by atoms with van der Waals surface area (Å²) in [5.74, 6) is -5.18. The van der Waals surface area contributed by atoms with E-state index < -0.39 is 93.0 Å². The minimum atomic E-state index is -4.89. The van der Waals surface area contributed by atoms with Crippen molar-refractivity contribution < 1.29 is 59.1 Å². The first-order valence-electron chi connectivity index (χ1n) is 21.2. The molecule has 4 aliphatic rings. The summed E-state index contributed by atoms with van der Waals surface area (Å²) in [6.07, 6.45) is -1.57. The number of ether oxygens (including phenoxy) is 3. The average Bonchev–Trinajstić information content (AvgIpc) is 4.01. The van der Waals surface area contributed by atoms with E-state index in [4.69, 9.17) is 18.3 Å². The minimum Gasteiger partial charge on any atom is -0.494 e. The molecule has 0 bridgehead atoms. The van der Waals surface area contributed by atoms with Crippen molar-refractivity contribution in [1.82, 2.24) is 14.6 Å². The fraction of sp³-hybridized carbons (Fsp3) is 0.683. The highest BCUT2D eigenvalue weighted by Gasteiger charge is 2.63. The van der Waals surface area contributed by atoms with Crippen LogP contribution < -0.4 is 14.2 Å². The van der Waals surface area contributed by atoms with Crippen molar-refractivity contribution >= 4 is 44.4 Å². The maximum Gasteiger partial charge on any atom is 0.427 e. The second-order valence-corrected chi connectivity index (χ2v) is 19.7. The maximum atomic E-state index is 14.9. The lowest BCUT2D eigenvalue weighted by Gasteiger charge is -2.33. The Bertz CT molecular complexity index is 2110. The molecular formula is C41H54F3N3O9S. The van der Waals surface area contributed by atoms with Gasteiger partial charge in [0.05, 0.1) is 52.4 Å². The molecule has 4 fully saturated rings. The molecule has 12 nitrogen and oxygen atoms in total. The largest absolute Gasteiger partial charge is 0.494 e. The van der Waals surface area contributed by atoms with E-state index in [1.807, 2.05) is 6.92 Å². The quantitative estimate of drug-likeness (QED) is 0.271. The molecule has 2 aliphatic heterocycles. The number of hydrogen-bond acceptors (Lipinski definition) is 10. The van der Waals surface area contributed by atoms with E-state index in [-0.39, 0.29) is 49.3 Å². The standard InChI is InChI=1S/C41H54F3N3O9S/c1-24-11-7-8-12-26-20-40(26,37(51)46-57(52,53)39(5)15-16-39)21-32(48)31-18-27(55-35-29-14-10-9-13-28(29)33(54-6)22-45-35)23-47(31)36(50)30(25(2)17-24)19-34(49)56-38(3,4)41(42,43)44/h9-10,13-14,22,24-27,30-31H,7-8,11-12,15-21,23H2,1-6H3,(H,46,51)/t24-,25+,26+,27+,30-,31-,40+/m0/s1/i6D3. The summed E-state index contributed by atoms with van der Waals surface area (Å²) in [7, 11) is -6.82. The molecule has 2 saturated heterocycles. The summed E-state index contributed by atoms with van der Waals surface area (Å²) in [4.78, 5) is 62.4. The number of aromatic nitrogens is 1. The highest BCUT2D eigenvalue weighted by molar-refractivity contribution is 7.91. The zero-order valence-electron chi connectivity index (χ0n) is 35.9. The second-order valence-electron chi connectivity index (χ2n) is 17.5. The topological polar surface area (TPSA) is 158 Å². The number of rotatable bonds is 9. The van der Waals surface area contributed by atoms with Crippen LogP contribution in [0.5, 0.6) is 11.6 Å². The Kier molecular flexibility index (Phi) is 10.6. The van der Waals surface area contributed by atoms with Gasteiger partial charge in [-0.2, -0.15) is 13.2 Å². The van der Waals surface area contributed by atoms with Crippen LogP contribution in [0.3, 0.4) is 0 Å². The molecule has 2 aromatic rings. The van der Waals surface area contributed by atoms with Gasteiger partial charge in [-0.1, -0.05) is 51.3 Å². The number of sulfonamides is 1. The summed E-state index contributed by atoms with van der Waals surface area (Å²) < 4.78 is 108. The van der Waals surface area contributed by atoms with E-state index in [2.05, 4.69) is 9.71 Å². The predicted octanol–water partition coefficient (Wildman–Crippen LogP) is 6.68. The van der Waals surface area contributed by atoms with E-state index in [0.29, 0.717) is 49.3 Å². The van der Waals surface area contributed by atoms with Crippen molar-refractivity contribution in [2.75, 3.05) is 13.6 Å². The van der Waals surface area contributed by atoms with Crippen LogP contribution >= 0.6 is 0 Å². The van der Waals surface area contributed by atoms with Crippen LogP contribution in [0, 0.1) is 29.1 Å². The third kappa shape index (κ3) is 8.75. The number of amides is 2. The van der Waals surface area contributed by atoms with Crippen molar-refractivity contribution in [3.63, 3.8) is 0 Å². The highest BCUT2D eigenvalue weighted by atomic mass is 32.2. The molecule has 0 unspecified atom stereocenters. The van der Waals surface area contributed by atoms with Crippen molar-refractivity contribution in [1.29, 1.82) is 0 Å². The molecule has 0 radical (unpaired) electrons. The number of nitrogens with zero attached hydrogens (tertiary/aromatic N) is 2. The summed E-state index contributed by atoms with van der Waals surface area (Å²) in [6.45, 7) is 6.51. The fourth-order valence-electron chi connectivity index (χ4n) is 8.57. The molecule has 57 heavy (non-hydrogen) atoms. The zero-order valence-corrected chi connectivity index (χ0v) is 33.8. The van der Waals surface area contributed by atoms with Crippen molar-refractivity contribution in [3.05, 3.63) is 30.5 Å². The second kappa shape index (κ2) is 15.7. The van der Waals surface area contributed by atoms with Crippen LogP contribution in [0.4, 0.5) is 13.2 Å². The van der Waals surface area contributed by atoms with Gasteiger partial charge in [0, 0.05) is 23.6 Å². The van der Waals surface area contributed by atoms with Gasteiger partial charge in [-0.25, -0.2) is 13.4 Å². The van der Waals surface area contributed by atoms with Gasteiger partial charge in [0.25, 0.3) is 0 Å². The number of Topliss-reactive ketones (excluding diaryl/α,β-unsaturated/α-hetero) is 1. The molecule has 1 aromatic carbocycles. The van der Waals surface area contributed by atoms with Crippen LogP contribution in [0.2, 0.25) is 0 Å². The molecule has 0 spiro atoms. The lowest BCUT2D eigenvalue weighted by atomic mass is 9.81. The smallest absolute Gasteiger partial charge is 0.427 e. The zero-order chi connectivity index (χ0) is 44.2. The van der Waals surface area contributed by atoms with E-state index in [1.54, 1.807) is 38.1 Å². The van der Waals surface area contributed by atoms with Crippen LogP contribution in [0.1, 0.15) is 109 Å². The van der Waals surface area contributed by atoms with E-state index in [9.17, 15) is 40.8 Å². The molecule has 2 aliphatic carbocycles. The Labute approximate surface area is 336 Å². The maximum absolute atomic E-state index is 14.9. The number of ketones is 1. The van der Waals surface area contributed by atoms with Crippen molar-refractivity contribution in [2.24, 2.45) is 29.1 Å². The van der Waals surface area contributed by atoms with E-state index in [0.717, 1.165) is 20.3 Å². The van der Waals surface area contributed by atoms with Gasteiger partial charge < -0.3 is 19.1 Å². The Hall–Kier alpha value is -3.95. The summed E-state index contributed by atoms with van der Waals surface area (Å²) in [6, 6.07) is 5.36. The molecular weight excluding hydrogens is 768 g/mol. The number of carbonyl (C=O) groups is 4. The molecule has 16 heteroatoms. The summed E-state index contributed by atoms with van der Waals surface area (Å²) in [5.41, 5.74) is -4.18. The third-order valence-electron chi connectivity index (χ3n) is 12.7. The fourth-order valence-corrected chi connectivity index (χ4v) is 9.90. The van der Waals surface area contributed by atoms with Crippen molar-refractivity contribution in [2.45, 2.75) is 134 Å². The van der Waals surface area contributed by atoms with Gasteiger partial charge in [-0.15, -0.1) is 0 Å². The third-order valence-corrected chi connectivity index (χ3v) is 14.9. The number of methoxy groups -OCH3 is 1. The van der Waals surface area contributed by atoms with Gasteiger partial charge in [-0.3, -0.25) is 23.9 Å². The lowest BCUT2D eigenvalue weighted by molar-refractivity contribution is -0.257. The first-order chi connectivity index (χ1) is 27.8. The monoisotopic (exact) mass is 824 g/mol. The average molecular weight is 825 g/mol. The van der Waals surface area contributed by atoms with Gasteiger partial charge >= 0.3 is 12.1 Å². The Morgan fingerprint density at radius 2 is 1.75 bits per heavy atom. The number of esters is 1. The van der Waals surface area contributed by atoms with E-state index >= 15 is 0 Å². The molecule has 1 N–H and O–H groups in total. The van der Waals surface area contributed by atoms with Crippen LogP contribution in [-0.4, -0.2) is 84.1 Å². The van der Waals surface area contributed by atoms with Gasteiger partial charge in [0.1, 0.15) is 11.9 Å². The molecule has 314 valence electrons. The SMILES string of the molecule is [2H]C([2H])([2H])Oc1cnc(O[C@@H]2C[C@H]3C(=O)C[C@]4(C(=O)NS(=O)(=O)C5(C)CC5)C[C@H]4CCCC[C@H](C)C[C@@H](C)[C@H](CC(=O)OC(C)(C)C(F)(F)F)C(=O)N3C2)c2ccccc12. The van der Waals surface area contributed by atoms with Crippen LogP contribution in [0.15, 0.2) is 30.5 Å². The molecule has 3 heterocycles. The highest BCUT2D eigenvalue weighted by Crippen LogP contribution is 2.59. The Balaban J connectivity index is 1.35. The first kappa shape index (κ1) is 38.6. The molecule has 1 aromatic heterocycles.